The molecule has 59 heavy (non-hydrogen) atoms. The van der Waals surface area contributed by atoms with Crippen LogP contribution in [-0.4, -0.2) is 104 Å². The summed E-state index contributed by atoms with van der Waals surface area (Å²) in [5.41, 5.74) is 11.8. The molecule has 17 nitrogen and oxygen atoms in total. The van der Waals surface area contributed by atoms with E-state index in [1.54, 1.807) is 16.8 Å². The number of carboxylic acids is 2. The average molecular weight is 828 g/mol. The van der Waals surface area contributed by atoms with Gasteiger partial charge in [0.1, 0.15) is 30.3 Å². The van der Waals surface area contributed by atoms with Crippen molar-refractivity contribution in [3.05, 3.63) is 83.7 Å². The molecule has 10 N–H and O–H groups in total. The predicted molar refractivity (Wildman–Crippen MR) is 209 cm³/mol. The first-order chi connectivity index (χ1) is 27.7. The van der Waals surface area contributed by atoms with Crippen LogP contribution >= 0.6 is 0 Å². The van der Waals surface area contributed by atoms with Crippen LogP contribution in [0.5, 0.6) is 0 Å². The van der Waals surface area contributed by atoms with Gasteiger partial charge >= 0.3 is 11.9 Å². The number of primary amides is 1. The van der Waals surface area contributed by atoms with Gasteiger partial charge < -0.3 is 52.2 Å². The van der Waals surface area contributed by atoms with Gasteiger partial charge in [-0.25, -0.2) is 13.6 Å². The summed E-state index contributed by atoms with van der Waals surface area (Å²) >= 11 is 0. The number of aliphatic carboxylic acids is 2. The zero-order valence-corrected chi connectivity index (χ0v) is 33.0. The SMILES string of the molecule is CC(C)(C)[C@H](c1cc(-c2cc(F)ccc2F)cn1Cc1ccccc1)N(CC[C@H](NC(=O)[C@@H](N)CC(N)=O)C(=O)NCCC(=O)N[C@H](CCC(=O)O)C(=O)O)C(=O)CO. The van der Waals surface area contributed by atoms with Crippen LogP contribution in [0.4, 0.5) is 8.78 Å². The van der Waals surface area contributed by atoms with Crippen LogP contribution in [0.1, 0.15) is 70.2 Å². The molecule has 0 bridgehead atoms. The number of aliphatic hydroxyl groups is 1. The lowest BCUT2D eigenvalue weighted by atomic mass is 9.82. The highest BCUT2D eigenvalue weighted by molar-refractivity contribution is 5.92. The summed E-state index contributed by atoms with van der Waals surface area (Å²) < 4.78 is 31.3. The van der Waals surface area contributed by atoms with Crippen molar-refractivity contribution in [1.29, 1.82) is 0 Å². The van der Waals surface area contributed by atoms with Gasteiger partial charge in [0, 0.05) is 55.5 Å². The third kappa shape index (κ3) is 14.3. The maximum absolute atomic E-state index is 15.1. The maximum atomic E-state index is 15.1. The molecule has 0 radical (unpaired) electrons. The number of aromatic nitrogens is 1. The van der Waals surface area contributed by atoms with Gasteiger partial charge in [-0.15, -0.1) is 0 Å². The number of hydrogen-bond donors (Lipinski definition) is 8. The number of benzene rings is 2. The number of nitrogens with two attached hydrogens (primary N) is 2. The average Bonchev–Trinajstić information content (AvgIpc) is 3.56. The quantitative estimate of drug-likeness (QED) is 0.0717. The molecule has 4 atom stereocenters. The number of aliphatic hydroxyl groups excluding tert-OH is 1. The fourth-order valence-corrected chi connectivity index (χ4v) is 6.44. The fourth-order valence-electron chi connectivity index (χ4n) is 6.44. The van der Waals surface area contributed by atoms with E-state index in [1.165, 1.54) is 4.90 Å². The topological polar surface area (TPSA) is 276 Å². The second kappa shape index (κ2) is 21.5. The Hall–Kier alpha value is -6.21. The lowest BCUT2D eigenvalue weighted by molar-refractivity contribution is -0.143. The van der Waals surface area contributed by atoms with E-state index in [0.29, 0.717) is 11.3 Å². The predicted octanol–water partition coefficient (Wildman–Crippen LogP) is 1.41. The number of rotatable bonds is 22. The van der Waals surface area contributed by atoms with Crippen LogP contribution in [0.15, 0.2) is 60.8 Å². The van der Waals surface area contributed by atoms with Gasteiger partial charge in [0.2, 0.25) is 29.5 Å². The van der Waals surface area contributed by atoms with E-state index in [4.69, 9.17) is 16.6 Å². The van der Waals surface area contributed by atoms with Gasteiger partial charge in [-0.1, -0.05) is 51.1 Å². The summed E-state index contributed by atoms with van der Waals surface area (Å²) in [4.78, 5) is 88.1. The Labute approximate surface area is 339 Å². The van der Waals surface area contributed by atoms with Crippen molar-refractivity contribution in [3.63, 3.8) is 0 Å². The van der Waals surface area contributed by atoms with E-state index in [2.05, 4.69) is 16.0 Å². The van der Waals surface area contributed by atoms with Crippen LogP contribution in [0.3, 0.4) is 0 Å². The molecule has 2 aromatic carbocycles. The Morgan fingerprint density at radius 2 is 1.56 bits per heavy atom. The first-order valence-electron chi connectivity index (χ1n) is 18.7. The molecule has 0 saturated carbocycles. The molecular formula is C40H51F2N7O10. The molecule has 0 aliphatic heterocycles. The first-order valence-corrected chi connectivity index (χ1v) is 18.7. The highest BCUT2D eigenvalue weighted by Gasteiger charge is 2.38. The fraction of sp³-hybridized carbons (Fsp3) is 0.425. The first kappa shape index (κ1) is 47.2. The minimum atomic E-state index is -1.50. The number of amides is 5. The number of carbonyl (C=O) groups excluding carboxylic acids is 5. The van der Waals surface area contributed by atoms with Gasteiger partial charge in [-0.3, -0.25) is 28.8 Å². The minimum absolute atomic E-state index is 0.0371. The van der Waals surface area contributed by atoms with Gasteiger partial charge in [0.25, 0.3) is 0 Å². The molecule has 19 heteroatoms. The molecule has 5 amide bonds. The Kier molecular flexibility index (Phi) is 17.2. The summed E-state index contributed by atoms with van der Waals surface area (Å²) in [6, 6.07) is 8.51. The molecule has 3 aromatic rings. The zero-order chi connectivity index (χ0) is 44.0. The summed E-state index contributed by atoms with van der Waals surface area (Å²) in [7, 11) is 0. The van der Waals surface area contributed by atoms with E-state index in [9.17, 15) is 48.2 Å². The van der Waals surface area contributed by atoms with Crippen molar-refractivity contribution in [2.75, 3.05) is 19.7 Å². The number of hydrogen-bond acceptors (Lipinski definition) is 9. The van der Waals surface area contributed by atoms with Gasteiger partial charge in [0.05, 0.1) is 18.5 Å². The lowest BCUT2D eigenvalue weighted by Gasteiger charge is -2.41. The largest absolute Gasteiger partial charge is 0.481 e. The van der Waals surface area contributed by atoms with E-state index in [-0.39, 0.29) is 38.0 Å². The number of nitrogens with one attached hydrogen (secondary N) is 3. The lowest BCUT2D eigenvalue weighted by Crippen LogP contribution is -2.54. The second-order valence-corrected chi connectivity index (χ2v) is 15.0. The monoisotopic (exact) mass is 827 g/mol. The van der Waals surface area contributed by atoms with Gasteiger partial charge in [-0.2, -0.15) is 0 Å². The van der Waals surface area contributed by atoms with E-state index in [0.717, 1.165) is 23.8 Å². The normalized spacial score (nSPS) is 13.3. The third-order valence-corrected chi connectivity index (χ3v) is 9.21. The van der Waals surface area contributed by atoms with Crippen molar-refractivity contribution >= 4 is 41.5 Å². The molecule has 3 rings (SSSR count). The van der Waals surface area contributed by atoms with Crippen LogP contribution in [0, 0.1) is 17.0 Å². The summed E-state index contributed by atoms with van der Waals surface area (Å²) in [5.74, 6) is -8.40. The molecule has 0 aliphatic carbocycles. The van der Waals surface area contributed by atoms with E-state index in [1.807, 2.05) is 51.1 Å². The Morgan fingerprint density at radius 1 is 0.881 bits per heavy atom. The molecule has 0 aliphatic rings. The zero-order valence-electron chi connectivity index (χ0n) is 33.0. The van der Waals surface area contributed by atoms with Crippen molar-refractivity contribution in [2.45, 2.75) is 83.6 Å². The van der Waals surface area contributed by atoms with Crippen molar-refractivity contribution in [2.24, 2.45) is 16.9 Å². The summed E-state index contributed by atoms with van der Waals surface area (Å²) in [6.07, 6.45) is -0.616. The third-order valence-electron chi connectivity index (χ3n) is 9.21. The van der Waals surface area contributed by atoms with E-state index < -0.39 is 109 Å². The second-order valence-electron chi connectivity index (χ2n) is 15.0. The molecule has 0 saturated heterocycles. The van der Waals surface area contributed by atoms with Crippen molar-refractivity contribution in [3.8, 4) is 11.1 Å². The standard InChI is InChI=1S/C40H51F2N7O10/c1-40(2,3)36(31-17-24(26-18-25(41)9-10-27(26)42)21-48(31)20-23-7-5-4-6-8-23)49(34(53)22-50)16-14-29(47-37(56)28(43)19-32(44)51)38(57)45-15-13-33(52)46-30(39(58)59)11-12-35(54)55/h4-10,17-18,21,28-30,36,50H,11-16,19-20,22,43H2,1-3H3,(H2,44,51)(H,45,57)(H,46,52)(H,47,56)(H,54,55)(H,58,59)/t28-,29-,30+,36-/m0/s1. The molecule has 1 heterocycles. The Morgan fingerprint density at radius 3 is 2.15 bits per heavy atom. The summed E-state index contributed by atoms with van der Waals surface area (Å²) in [6.45, 7) is 4.04. The smallest absolute Gasteiger partial charge is 0.326 e. The molecule has 0 spiro atoms. The van der Waals surface area contributed by atoms with Crippen LogP contribution < -0.4 is 27.4 Å². The van der Waals surface area contributed by atoms with E-state index >= 15 is 4.39 Å². The van der Waals surface area contributed by atoms with Crippen LogP contribution in [-0.2, 0) is 40.1 Å². The maximum Gasteiger partial charge on any atom is 0.326 e. The molecule has 0 unspecified atom stereocenters. The van der Waals surface area contributed by atoms with Crippen LogP contribution in [0.2, 0.25) is 0 Å². The van der Waals surface area contributed by atoms with Gasteiger partial charge in [0.15, 0.2) is 0 Å². The van der Waals surface area contributed by atoms with Crippen LogP contribution in [0.25, 0.3) is 11.1 Å². The number of carbonyl (C=O) groups is 7. The van der Waals surface area contributed by atoms with Gasteiger partial charge in [-0.05, 0) is 48.1 Å². The molecule has 320 valence electrons. The van der Waals surface area contributed by atoms with Crippen molar-refractivity contribution < 1.29 is 57.7 Å². The molecule has 0 fully saturated rings. The number of carboxylic acid groups (broad SMARTS) is 2. The number of halogens is 2. The Balaban J connectivity index is 1.99. The highest BCUT2D eigenvalue weighted by Crippen LogP contribution is 2.41. The molecule has 1 aromatic heterocycles. The number of nitrogens with zero attached hydrogens (tertiary/aromatic N) is 2. The highest BCUT2D eigenvalue weighted by atomic mass is 19.1. The van der Waals surface area contributed by atoms with Crippen molar-refractivity contribution in [1.82, 2.24) is 25.4 Å². The Bertz CT molecular complexity index is 1990. The summed E-state index contributed by atoms with van der Waals surface area (Å²) in [5, 5.41) is 35.5. The minimum Gasteiger partial charge on any atom is -0.481 e. The molecular weight excluding hydrogens is 776 g/mol.